The van der Waals surface area contributed by atoms with Gasteiger partial charge in [-0.2, -0.15) is 26.3 Å². The van der Waals surface area contributed by atoms with Crippen molar-refractivity contribution < 1.29 is 31.1 Å². The van der Waals surface area contributed by atoms with Crippen molar-refractivity contribution in [3.63, 3.8) is 0 Å². The van der Waals surface area contributed by atoms with Gasteiger partial charge in [0.2, 0.25) is 5.91 Å². The first-order valence-electron chi connectivity index (χ1n) is 10.9. The van der Waals surface area contributed by atoms with Crippen molar-refractivity contribution in [1.29, 1.82) is 0 Å². The van der Waals surface area contributed by atoms with E-state index >= 15 is 0 Å². The topological polar surface area (TPSA) is 35.9 Å². The number of nitrogens with zero attached hydrogens (tertiary/aromatic N) is 3. The molecule has 3 rings (SSSR count). The van der Waals surface area contributed by atoms with Crippen molar-refractivity contribution in [3.8, 4) is 0 Å². The second kappa shape index (κ2) is 9.76. The lowest BCUT2D eigenvalue weighted by Gasteiger charge is -2.35. The van der Waals surface area contributed by atoms with Crippen molar-refractivity contribution in [2.24, 2.45) is 4.99 Å². The zero-order chi connectivity index (χ0) is 24.6. The Morgan fingerprint density at radius 3 is 1.97 bits per heavy atom. The second-order valence-corrected chi connectivity index (χ2v) is 9.90. The zero-order valence-corrected chi connectivity index (χ0v) is 19.4. The highest BCUT2D eigenvalue weighted by molar-refractivity contribution is 8.14. The van der Waals surface area contributed by atoms with E-state index in [1.165, 1.54) is 11.8 Å². The number of aliphatic imine (C=N–C) groups is 1. The molecule has 11 heteroatoms. The Hall–Kier alpha value is -1.91. The Bertz CT molecular complexity index is 861. The highest BCUT2D eigenvalue weighted by Gasteiger charge is 2.43. The Labute approximate surface area is 193 Å². The number of thioether (sulfide) groups is 1. The number of hydrogen-bond acceptors (Lipinski definition) is 3. The van der Waals surface area contributed by atoms with E-state index in [0.29, 0.717) is 17.3 Å². The minimum Gasteiger partial charge on any atom is -0.333 e. The number of halogens is 6. The number of carbonyl (C=O) groups is 1. The van der Waals surface area contributed by atoms with Gasteiger partial charge in [-0.25, -0.2) is 0 Å². The summed E-state index contributed by atoms with van der Waals surface area (Å²) in [7, 11) is 1.67. The van der Waals surface area contributed by atoms with Crippen LogP contribution >= 0.6 is 11.8 Å². The molecule has 1 saturated carbocycles. The monoisotopic (exact) mass is 495 g/mol. The van der Waals surface area contributed by atoms with Gasteiger partial charge in [0, 0.05) is 24.9 Å². The molecule has 0 bridgehead atoms. The van der Waals surface area contributed by atoms with Gasteiger partial charge in [-0.05, 0) is 38.0 Å². The van der Waals surface area contributed by atoms with Crippen LogP contribution in [0.1, 0.15) is 63.5 Å². The Balaban J connectivity index is 2.01. The SMILES string of the molecule is CC(=O)N(c1cc(C(F)(F)F)cc(C(F)(F)F)c1)C1C(C)SC(=NC2CCCCCC2)N1C. The molecule has 1 aliphatic heterocycles. The molecule has 0 spiro atoms. The smallest absolute Gasteiger partial charge is 0.333 e. The minimum absolute atomic E-state index is 0.0668. The van der Waals surface area contributed by atoms with Crippen LogP contribution in [0.2, 0.25) is 0 Å². The minimum atomic E-state index is -4.99. The third kappa shape index (κ3) is 5.96. The summed E-state index contributed by atoms with van der Waals surface area (Å²) >= 11 is 1.38. The molecule has 1 amide bonds. The molecular weight excluding hydrogens is 468 g/mol. The van der Waals surface area contributed by atoms with E-state index in [0.717, 1.165) is 50.3 Å². The number of alkyl halides is 6. The zero-order valence-electron chi connectivity index (χ0n) is 18.6. The van der Waals surface area contributed by atoms with Crippen LogP contribution in [-0.4, -0.2) is 40.5 Å². The van der Waals surface area contributed by atoms with Crippen molar-refractivity contribution in [2.75, 3.05) is 11.9 Å². The standard InChI is InChI=1S/C22H27F6N3OS/c1-13-19(30(3)20(33-13)29-17-8-6-4-5-7-9-17)31(14(2)32)18-11-15(21(23,24)25)10-16(12-18)22(26,27)28/h10-13,17,19H,4-9H2,1-3H3. The van der Waals surface area contributed by atoms with Crippen LogP contribution in [0.25, 0.3) is 0 Å². The normalized spacial score (nSPS) is 24.3. The molecule has 33 heavy (non-hydrogen) atoms. The molecule has 2 fully saturated rings. The average Bonchev–Trinajstić information content (AvgIpc) is 2.88. The van der Waals surface area contributed by atoms with Gasteiger partial charge in [0.05, 0.1) is 17.2 Å². The fourth-order valence-corrected chi connectivity index (χ4v) is 5.63. The molecule has 1 aromatic rings. The van der Waals surface area contributed by atoms with Crippen molar-refractivity contribution in [3.05, 3.63) is 29.3 Å². The van der Waals surface area contributed by atoms with Crippen LogP contribution < -0.4 is 4.90 Å². The summed E-state index contributed by atoms with van der Waals surface area (Å²) in [4.78, 5) is 20.1. The summed E-state index contributed by atoms with van der Waals surface area (Å²) < 4.78 is 80.3. The summed E-state index contributed by atoms with van der Waals surface area (Å²) in [5.41, 5.74) is -3.34. The second-order valence-electron chi connectivity index (χ2n) is 8.56. The fourth-order valence-electron chi connectivity index (χ4n) is 4.38. The summed E-state index contributed by atoms with van der Waals surface area (Å²) in [6.07, 6.45) is -4.44. The largest absolute Gasteiger partial charge is 0.416 e. The van der Waals surface area contributed by atoms with Crippen molar-refractivity contribution >= 4 is 28.5 Å². The van der Waals surface area contributed by atoms with Gasteiger partial charge in [-0.1, -0.05) is 37.4 Å². The number of anilines is 1. The molecule has 1 heterocycles. The van der Waals surface area contributed by atoms with Gasteiger partial charge < -0.3 is 4.90 Å². The number of rotatable bonds is 3. The summed E-state index contributed by atoms with van der Waals surface area (Å²) in [6, 6.07) is 1.39. The van der Waals surface area contributed by atoms with E-state index in [-0.39, 0.29) is 17.4 Å². The molecule has 2 atom stereocenters. The number of carbonyl (C=O) groups excluding carboxylic acids is 1. The molecule has 4 nitrogen and oxygen atoms in total. The first kappa shape index (κ1) is 25.7. The first-order chi connectivity index (χ1) is 15.3. The lowest BCUT2D eigenvalue weighted by molar-refractivity contribution is -0.143. The van der Waals surface area contributed by atoms with Crippen LogP contribution in [0, 0.1) is 0 Å². The van der Waals surface area contributed by atoms with Gasteiger partial charge >= 0.3 is 12.4 Å². The van der Waals surface area contributed by atoms with Crippen LogP contribution in [0.15, 0.2) is 23.2 Å². The predicted octanol–water partition coefficient (Wildman–Crippen LogP) is 6.55. The molecular formula is C22H27F6N3OS. The van der Waals surface area contributed by atoms with Crippen LogP contribution in [0.4, 0.5) is 32.0 Å². The number of benzene rings is 1. The maximum Gasteiger partial charge on any atom is 0.416 e. The van der Waals surface area contributed by atoms with E-state index in [2.05, 4.69) is 0 Å². The van der Waals surface area contributed by atoms with Gasteiger partial charge in [-0.15, -0.1) is 0 Å². The van der Waals surface area contributed by atoms with Gasteiger partial charge in [0.15, 0.2) is 5.17 Å². The number of hydrogen-bond donors (Lipinski definition) is 0. The molecule has 1 aliphatic carbocycles. The van der Waals surface area contributed by atoms with Gasteiger partial charge in [0.25, 0.3) is 0 Å². The third-order valence-corrected chi connectivity index (χ3v) is 7.20. The molecule has 1 saturated heterocycles. The maximum absolute atomic E-state index is 13.4. The summed E-state index contributed by atoms with van der Waals surface area (Å²) in [6.45, 7) is 2.93. The fraction of sp³-hybridized carbons (Fsp3) is 0.636. The highest BCUT2D eigenvalue weighted by atomic mass is 32.2. The van der Waals surface area contributed by atoms with Crippen molar-refractivity contribution in [1.82, 2.24) is 4.90 Å². The molecule has 2 aliphatic rings. The van der Waals surface area contributed by atoms with Gasteiger partial charge in [-0.3, -0.25) is 14.7 Å². The van der Waals surface area contributed by atoms with Crippen LogP contribution in [0.3, 0.4) is 0 Å². The Kier molecular flexibility index (Phi) is 7.60. The first-order valence-corrected chi connectivity index (χ1v) is 11.7. The Morgan fingerprint density at radius 2 is 1.52 bits per heavy atom. The van der Waals surface area contributed by atoms with E-state index in [9.17, 15) is 31.1 Å². The van der Waals surface area contributed by atoms with E-state index in [1.807, 2.05) is 0 Å². The lowest BCUT2D eigenvalue weighted by Crippen LogP contribution is -2.51. The molecule has 184 valence electrons. The van der Waals surface area contributed by atoms with E-state index in [4.69, 9.17) is 4.99 Å². The van der Waals surface area contributed by atoms with E-state index in [1.54, 1.807) is 18.9 Å². The van der Waals surface area contributed by atoms with Crippen molar-refractivity contribution in [2.45, 2.75) is 82.2 Å². The highest BCUT2D eigenvalue weighted by Crippen LogP contribution is 2.41. The summed E-state index contributed by atoms with van der Waals surface area (Å²) in [5.74, 6) is -0.650. The van der Waals surface area contributed by atoms with Crippen LogP contribution in [-0.2, 0) is 17.1 Å². The average molecular weight is 496 g/mol. The van der Waals surface area contributed by atoms with Crippen LogP contribution in [0.5, 0.6) is 0 Å². The molecule has 2 unspecified atom stereocenters. The maximum atomic E-state index is 13.4. The predicted molar refractivity (Wildman–Crippen MR) is 117 cm³/mol. The molecule has 0 N–H and O–H groups in total. The van der Waals surface area contributed by atoms with Gasteiger partial charge in [0.1, 0.15) is 6.17 Å². The van der Waals surface area contributed by atoms with E-state index < -0.39 is 41.2 Å². The quantitative estimate of drug-likeness (QED) is 0.353. The number of amidine groups is 1. The molecule has 1 aromatic carbocycles. The molecule has 0 aromatic heterocycles. The summed E-state index contributed by atoms with van der Waals surface area (Å²) in [5, 5.41) is 0.334. The Morgan fingerprint density at radius 1 is 1.00 bits per heavy atom. The third-order valence-electron chi connectivity index (χ3n) is 5.98. The molecule has 0 radical (unpaired) electrons. The lowest BCUT2D eigenvalue weighted by atomic mass is 10.1. The number of amides is 1.